The molecule has 42 heavy (non-hydrogen) atoms. The fraction of sp³-hybridized carbons (Fsp3) is 0.471. The second kappa shape index (κ2) is 12.3. The zero-order valence-electron chi connectivity index (χ0n) is 24.0. The molecule has 3 saturated heterocycles. The van der Waals surface area contributed by atoms with Crippen LogP contribution in [-0.4, -0.2) is 70.3 Å². The number of benzene rings is 2. The van der Waals surface area contributed by atoms with E-state index in [2.05, 4.69) is 29.2 Å². The summed E-state index contributed by atoms with van der Waals surface area (Å²) in [6, 6.07) is 15.3. The van der Waals surface area contributed by atoms with E-state index in [1.54, 1.807) is 17.0 Å². The Morgan fingerprint density at radius 1 is 1.07 bits per heavy atom. The van der Waals surface area contributed by atoms with Crippen molar-refractivity contribution in [2.75, 3.05) is 26.3 Å². The van der Waals surface area contributed by atoms with Crippen LogP contribution in [0.4, 0.5) is 0 Å². The van der Waals surface area contributed by atoms with Crippen molar-refractivity contribution in [3.63, 3.8) is 0 Å². The number of piperidine rings is 1. The lowest BCUT2D eigenvalue weighted by Gasteiger charge is -2.36. The minimum atomic E-state index is -0.406. The fourth-order valence-electron chi connectivity index (χ4n) is 7.51. The van der Waals surface area contributed by atoms with E-state index in [4.69, 9.17) is 16.3 Å². The van der Waals surface area contributed by atoms with Gasteiger partial charge < -0.3 is 14.9 Å². The molecule has 2 aromatic carbocycles. The molecule has 2 N–H and O–H groups in total. The summed E-state index contributed by atoms with van der Waals surface area (Å²) < 4.78 is 6.27. The van der Waals surface area contributed by atoms with Gasteiger partial charge in [0.15, 0.2) is 0 Å². The monoisotopic (exact) mass is 590 g/mol. The SMILES string of the molecule is C/C(=C\c1ccc(O)cc1Cl)CC[C@H]1OC[C@H]2C1=C(CO)C[C@H]1C(=O)N(C3CCN(Cc4ccccc4)CC3)C(=O)[C@H]12. The Balaban J connectivity index is 1.11. The Labute approximate surface area is 252 Å². The van der Waals surface area contributed by atoms with Gasteiger partial charge in [-0.25, -0.2) is 0 Å². The predicted molar refractivity (Wildman–Crippen MR) is 162 cm³/mol. The highest BCUT2D eigenvalue weighted by Crippen LogP contribution is 2.50. The average Bonchev–Trinajstić information content (AvgIpc) is 3.52. The number of amides is 2. The molecule has 1 aliphatic carbocycles. The van der Waals surface area contributed by atoms with Crippen molar-refractivity contribution >= 4 is 29.5 Å². The maximum absolute atomic E-state index is 13.9. The van der Waals surface area contributed by atoms with E-state index >= 15 is 0 Å². The molecule has 6 rings (SSSR count). The van der Waals surface area contributed by atoms with Crippen molar-refractivity contribution in [3.8, 4) is 5.75 Å². The summed E-state index contributed by atoms with van der Waals surface area (Å²) in [6.07, 6.45) is 5.30. The first-order valence-electron chi connectivity index (χ1n) is 15.1. The highest BCUT2D eigenvalue weighted by Gasteiger charge is 2.58. The molecular weight excluding hydrogens is 552 g/mol. The topological polar surface area (TPSA) is 90.3 Å². The van der Waals surface area contributed by atoms with E-state index in [9.17, 15) is 19.8 Å². The van der Waals surface area contributed by atoms with Gasteiger partial charge in [-0.3, -0.25) is 19.4 Å². The van der Waals surface area contributed by atoms with E-state index in [1.807, 2.05) is 19.1 Å². The highest BCUT2D eigenvalue weighted by molar-refractivity contribution is 6.32. The maximum atomic E-state index is 13.9. The van der Waals surface area contributed by atoms with Crippen molar-refractivity contribution in [2.45, 2.75) is 57.7 Å². The third-order valence-electron chi connectivity index (χ3n) is 9.59. The first-order chi connectivity index (χ1) is 20.3. The molecule has 0 saturated carbocycles. The number of hydrogen-bond donors (Lipinski definition) is 2. The van der Waals surface area contributed by atoms with Gasteiger partial charge in [-0.2, -0.15) is 0 Å². The number of nitrogens with zero attached hydrogens (tertiary/aromatic N) is 2. The lowest BCUT2D eigenvalue weighted by atomic mass is 9.69. The fourth-order valence-corrected chi connectivity index (χ4v) is 7.74. The summed E-state index contributed by atoms with van der Waals surface area (Å²) >= 11 is 6.28. The number of allylic oxidation sites excluding steroid dienone is 1. The Bertz CT molecular complexity index is 1400. The number of rotatable bonds is 8. The van der Waals surface area contributed by atoms with E-state index in [0.717, 1.165) is 67.6 Å². The van der Waals surface area contributed by atoms with Gasteiger partial charge in [-0.1, -0.05) is 53.6 Å². The van der Waals surface area contributed by atoms with E-state index in [-0.39, 0.29) is 42.2 Å². The Hall–Kier alpha value is -2.97. The molecule has 7 nitrogen and oxygen atoms in total. The number of carbonyl (C=O) groups is 2. The molecular formula is C34H39ClN2O5. The van der Waals surface area contributed by atoms with E-state index in [1.165, 1.54) is 11.6 Å². The lowest BCUT2D eigenvalue weighted by Crippen LogP contribution is -2.47. The molecule has 0 unspecified atom stereocenters. The summed E-state index contributed by atoms with van der Waals surface area (Å²) in [5.41, 5.74) is 5.14. The summed E-state index contributed by atoms with van der Waals surface area (Å²) in [7, 11) is 0. The first-order valence-corrected chi connectivity index (χ1v) is 15.4. The van der Waals surface area contributed by atoms with Gasteiger partial charge in [0.1, 0.15) is 5.75 Å². The number of hydrogen-bond acceptors (Lipinski definition) is 6. The van der Waals surface area contributed by atoms with Gasteiger partial charge in [0.25, 0.3) is 0 Å². The lowest BCUT2D eigenvalue weighted by molar-refractivity contribution is -0.144. The summed E-state index contributed by atoms with van der Waals surface area (Å²) in [5, 5.41) is 20.5. The van der Waals surface area contributed by atoms with E-state index in [0.29, 0.717) is 18.1 Å². The molecule has 0 spiro atoms. The molecule has 2 aromatic rings. The van der Waals surface area contributed by atoms with Crippen molar-refractivity contribution in [2.24, 2.45) is 17.8 Å². The van der Waals surface area contributed by atoms with Gasteiger partial charge in [-0.05, 0) is 79.5 Å². The largest absolute Gasteiger partial charge is 0.508 e. The van der Waals surface area contributed by atoms with Gasteiger partial charge in [0.2, 0.25) is 11.8 Å². The van der Waals surface area contributed by atoms with Crippen LogP contribution in [-0.2, 0) is 20.9 Å². The predicted octanol–water partition coefficient (Wildman–Crippen LogP) is 5.20. The van der Waals surface area contributed by atoms with Crippen LogP contribution in [0.15, 0.2) is 65.3 Å². The number of halogens is 1. The minimum absolute atomic E-state index is 0.0479. The summed E-state index contributed by atoms with van der Waals surface area (Å²) in [4.78, 5) is 31.6. The quantitative estimate of drug-likeness (QED) is 0.324. The molecule has 0 radical (unpaired) electrons. The molecule has 4 aliphatic rings. The normalized spacial score (nSPS) is 27.1. The second-order valence-electron chi connectivity index (χ2n) is 12.3. The number of phenols is 1. The van der Waals surface area contributed by atoms with Crippen molar-refractivity contribution < 1.29 is 24.5 Å². The molecule has 2 amide bonds. The molecule has 3 heterocycles. The molecule has 3 aliphatic heterocycles. The first kappa shape index (κ1) is 29.1. The van der Waals surface area contributed by atoms with Crippen LogP contribution in [0.5, 0.6) is 5.75 Å². The van der Waals surface area contributed by atoms with Crippen LogP contribution < -0.4 is 0 Å². The van der Waals surface area contributed by atoms with Crippen LogP contribution in [0, 0.1) is 17.8 Å². The molecule has 222 valence electrons. The number of aromatic hydroxyl groups is 1. The van der Waals surface area contributed by atoms with Crippen molar-refractivity contribution in [1.29, 1.82) is 0 Å². The highest BCUT2D eigenvalue weighted by atomic mass is 35.5. The number of aliphatic hydroxyl groups excluding tert-OH is 1. The molecule has 4 atom stereocenters. The van der Waals surface area contributed by atoms with Crippen LogP contribution in [0.3, 0.4) is 0 Å². The smallest absolute Gasteiger partial charge is 0.234 e. The van der Waals surface area contributed by atoms with Gasteiger partial charge in [-0.15, -0.1) is 0 Å². The maximum Gasteiger partial charge on any atom is 0.234 e. The third kappa shape index (κ3) is 5.68. The number of ether oxygens (including phenoxy) is 1. The Morgan fingerprint density at radius 2 is 1.83 bits per heavy atom. The number of likely N-dealkylation sites (tertiary alicyclic amines) is 2. The number of fused-ring (bicyclic) bond motifs is 3. The Morgan fingerprint density at radius 3 is 2.55 bits per heavy atom. The number of imide groups is 1. The van der Waals surface area contributed by atoms with Crippen molar-refractivity contribution in [3.05, 3.63) is 81.4 Å². The van der Waals surface area contributed by atoms with Gasteiger partial charge in [0.05, 0.1) is 36.2 Å². The van der Waals surface area contributed by atoms with Crippen LogP contribution in [0.1, 0.15) is 50.2 Å². The minimum Gasteiger partial charge on any atom is -0.508 e. The van der Waals surface area contributed by atoms with Gasteiger partial charge in [0, 0.05) is 31.6 Å². The zero-order valence-corrected chi connectivity index (χ0v) is 24.8. The van der Waals surface area contributed by atoms with Crippen molar-refractivity contribution in [1.82, 2.24) is 9.80 Å². The average molecular weight is 591 g/mol. The van der Waals surface area contributed by atoms with E-state index < -0.39 is 11.8 Å². The zero-order chi connectivity index (χ0) is 29.4. The van der Waals surface area contributed by atoms with Gasteiger partial charge >= 0.3 is 0 Å². The van der Waals surface area contributed by atoms with Crippen LogP contribution in [0.25, 0.3) is 6.08 Å². The number of aliphatic hydroxyl groups is 1. The molecule has 0 aromatic heterocycles. The molecule has 8 heteroatoms. The number of carbonyl (C=O) groups excluding carboxylic acids is 2. The second-order valence-corrected chi connectivity index (χ2v) is 12.7. The number of phenolic OH excluding ortho intramolecular Hbond substituents is 1. The summed E-state index contributed by atoms with van der Waals surface area (Å²) in [5.74, 6) is -0.950. The molecule has 0 bridgehead atoms. The summed E-state index contributed by atoms with van der Waals surface area (Å²) in [6.45, 7) is 4.91. The van der Waals surface area contributed by atoms with Crippen LogP contribution >= 0.6 is 11.6 Å². The standard InChI is InChI=1S/C34H39ClN2O5/c1-21(15-23-8-9-26(39)17-29(23)35)7-10-30-31-24(19-38)16-27-32(28(31)20-42-30)34(41)37(33(27)40)25-11-13-36(14-12-25)18-22-5-3-2-4-6-22/h2-6,8-9,15,17,25,27-28,30,32,38-39H,7,10-14,16,18-20H2,1H3/b21-15+/t27-,28+,30-,32-/m1/s1. The van der Waals surface area contributed by atoms with Crippen LogP contribution in [0.2, 0.25) is 5.02 Å². The Kier molecular flexibility index (Phi) is 8.55. The third-order valence-corrected chi connectivity index (χ3v) is 9.92. The molecule has 3 fully saturated rings.